The maximum absolute atomic E-state index is 12.5. The summed E-state index contributed by atoms with van der Waals surface area (Å²) in [5.41, 5.74) is -0.537. The Morgan fingerprint density at radius 3 is 2.43 bits per heavy atom. The molecule has 1 saturated heterocycles. The molecule has 2 amide bonds. The van der Waals surface area contributed by atoms with Gasteiger partial charge >= 0.3 is 6.09 Å². The lowest BCUT2D eigenvalue weighted by atomic mass is 10.0. The fraction of sp³-hybridized carbons (Fsp3) is 0.889. The van der Waals surface area contributed by atoms with Crippen LogP contribution in [0.3, 0.4) is 0 Å². The fourth-order valence-electron chi connectivity index (χ4n) is 2.82. The van der Waals surface area contributed by atoms with Gasteiger partial charge in [0.1, 0.15) is 11.6 Å². The molecule has 5 nitrogen and oxygen atoms in total. The molecule has 23 heavy (non-hydrogen) atoms. The van der Waals surface area contributed by atoms with E-state index in [1.54, 1.807) is 4.90 Å². The molecule has 0 saturated carbocycles. The number of likely N-dealkylation sites (tertiary alicyclic amines) is 1. The van der Waals surface area contributed by atoms with Crippen LogP contribution in [0.15, 0.2) is 0 Å². The third kappa shape index (κ3) is 7.23. The largest absolute Gasteiger partial charge is 0.444 e. The smallest absolute Gasteiger partial charge is 0.410 e. The van der Waals surface area contributed by atoms with Gasteiger partial charge in [-0.3, -0.25) is 9.69 Å². The number of amides is 2. The van der Waals surface area contributed by atoms with Gasteiger partial charge in [0.25, 0.3) is 0 Å². The Bertz CT molecular complexity index is 402. The number of ether oxygens (including phenoxy) is 1. The Balaban J connectivity index is 2.49. The van der Waals surface area contributed by atoms with Gasteiger partial charge in [-0.2, -0.15) is 0 Å². The first kappa shape index (κ1) is 19.8. The van der Waals surface area contributed by atoms with Crippen molar-refractivity contribution in [3.8, 4) is 0 Å². The first-order valence-electron chi connectivity index (χ1n) is 8.90. The molecule has 0 aromatic carbocycles. The van der Waals surface area contributed by atoms with Crippen LogP contribution >= 0.6 is 0 Å². The first-order valence-corrected chi connectivity index (χ1v) is 8.90. The molecule has 1 unspecified atom stereocenters. The zero-order valence-electron chi connectivity index (χ0n) is 15.6. The molecule has 0 aromatic rings. The summed E-state index contributed by atoms with van der Waals surface area (Å²) in [4.78, 5) is 26.3. The van der Waals surface area contributed by atoms with Gasteiger partial charge in [-0.1, -0.05) is 26.7 Å². The molecule has 2 atom stereocenters. The maximum atomic E-state index is 12.5. The highest BCUT2D eigenvalue weighted by Crippen LogP contribution is 2.21. The van der Waals surface area contributed by atoms with Crippen LogP contribution in [-0.2, 0) is 9.53 Å². The van der Waals surface area contributed by atoms with Crippen molar-refractivity contribution in [2.75, 3.05) is 6.54 Å². The van der Waals surface area contributed by atoms with Gasteiger partial charge in [0.05, 0.1) is 0 Å². The monoisotopic (exact) mass is 326 g/mol. The molecule has 1 aliphatic heterocycles. The van der Waals surface area contributed by atoms with Crippen LogP contribution in [0, 0.1) is 5.92 Å². The Labute approximate surface area is 141 Å². The minimum Gasteiger partial charge on any atom is -0.444 e. The average molecular weight is 326 g/mol. The summed E-state index contributed by atoms with van der Waals surface area (Å²) < 4.78 is 5.41. The second kappa shape index (κ2) is 8.55. The Morgan fingerprint density at radius 2 is 1.87 bits per heavy atom. The van der Waals surface area contributed by atoms with E-state index in [9.17, 15) is 9.59 Å². The molecular formula is C18H34N2O3. The lowest BCUT2D eigenvalue weighted by Crippen LogP contribution is -2.49. The van der Waals surface area contributed by atoms with Crippen molar-refractivity contribution < 1.29 is 14.3 Å². The van der Waals surface area contributed by atoms with Crippen molar-refractivity contribution in [1.82, 2.24) is 10.2 Å². The van der Waals surface area contributed by atoms with Crippen molar-refractivity contribution >= 4 is 12.0 Å². The second-order valence-corrected chi connectivity index (χ2v) is 8.07. The van der Waals surface area contributed by atoms with Gasteiger partial charge in [-0.15, -0.1) is 0 Å². The topological polar surface area (TPSA) is 58.6 Å². The van der Waals surface area contributed by atoms with Gasteiger partial charge in [-0.25, -0.2) is 4.79 Å². The van der Waals surface area contributed by atoms with Gasteiger partial charge < -0.3 is 10.1 Å². The number of rotatable bonds is 6. The normalized spacial score (nSPS) is 19.8. The van der Waals surface area contributed by atoms with Crippen LogP contribution in [0.1, 0.15) is 73.6 Å². The summed E-state index contributed by atoms with van der Waals surface area (Å²) in [6.45, 7) is 12.6. The molecule has 0 bridgehead atoms. The molecule has 0 radical (unpaired) electrons. The van der Waals surface area contributed by atoms with Crippen LogP contribution in [-0.4, -0.2) is 41.1 Å². The standard InChI is InChI=1S/C18H34N2O3/c1-13(2)9-7-10-14(3)19-16(21)15-11-8-12-20(15)17(22)23-18(4,5)6/h13-15H,7-12H2,1-6H3,(H,19,21)/t14?,15-/m0/s1. The molecule has 1 heterocycles. The minimum absolute atomic E-state index is 0.0505. The zero-order valence-corrected chi connectivity index (χ0v) is 15.6. The van der Waals surface area contributed by atoms with Crippen molar-refractivity contribution in [2.24, 2.45) is 5.92 Å². The molecule has 0 aliphatic carbocycles. The lowest BCUT2D eigenvalue weighted by Gasteiger charge is -2.28. The van der Waals surface area contributed by atoms with E-state index in [1.807, 2.05) is 27.7 Å². The highest BCUT2D eigenvalue weighted by Gasteiger charge is 2.36. The third-order valence-electron chi connectivity index (χ3n) is 3.99. The number of hydrogen-bond donors (Lipinski definition) is 1. The highest BCUT2D eigenvalue weighted by atomic mass is 16.6. The molecule has 1 rings (SSSR count). The fourth-order valence-corrected chi connectivity index (χ4v) is 2.82. The first-order chi connectivity index (χ1) is 10.6. The van der Waals surface area contributed by atoms with Gasteiger partial charge in [-0.05, 0) is 52.9 Å². The van der Waals surface area contributed by atoms with Crippen molar-refractivity contribution in [2.45, 2.75) is 91.3 Å². The zero-order chi connectivity index (χ0) is 17.6. The van der Waals surface area contributed by atoms with E-state index in [-0.39, 0.29) is 18.0 Å². The summed E-state index contributed by atoms with van der Waals surface area (Å²) >= 11 is 0. The van der Waals surface area contributed by atoms with E-state index in [2.05, 4.69) is 19.2 Å². The van der Waals surface area contributed by atoms with Crippen LogP contribution in [0.2, 0.25) is 0 Å². The number of nitrogens with zero attached hydrogens (tertiary/aromatic N) is 1. The molecular weight excluding hydrogens is 292 g/mol. The van der Waals surface area contributed by atoms with Crippen molar-refractivity contribution in [3.63, 3.8) is 0 Å². The average Bonchev–Trinajstić information content (AvgIpc) is 2.85. The lowest BCUT2D eigenvalue weighted by molar-refractivity contribution is -0.126. The molecule has 0 aromatic heterocycles. The van der Waals surface area contributed by atoms with Gasteiger partial charge in [0.2, 0.25) is 5.91 Å². The van der Waals surface area contributed by atoms with E-state index in [4.69, 9.17) is 4.74 Å². The summed E-state index contributed by atoms with van der Waals surface area (Å²) in [5, 5.41) is 3.05. The Hall–Kier alpha value is -1.26. The van der Waals surface area contributed by atoms with E-state index >= 15 is 0 Å². The van der Waals surface area contributed by atoms with E-state index in [1.165, 1.54) is 6.42 Å². The molecule has 1 fully saturated rings. The van der Waals surface area contributed by atoms with Crippen molar-refractivity contribution in [1.29, 1.82) is 0 Å². The molecule has 134 valence electrons. The van der Waals surface area contributed by atoms with E-state index < -0.39 is 11.6 Å². The van der Waals surface area contributed by atoms with Crippen LogP contribution < -0.4 is 5.32 Å². The number of nitrogens with one attached hydrogen (secondary N) is 1. The van der Waals surface area contributed by atoms with Crippen LogP contribution in [0.5, 0.6) is 0 Å². The quantitative estimate of drug-likeness (QED) is 0.809. The van der Waals surface area contributed by atoms with Crippen LogP contribution in [0.4, 0.5) is 4.79 Å². The van der Waals surface area contributed by atoms with Crippen molar-refractivity contribution in [3.05, 3.63) is 0 Å². The molecule has 1 aliphatic rings. The number of carbonyl (C=O) groups is 2. The number of carbonyl (C=O) groups excluding carboxylic acids is 2. The summed E-state index contributed by atoms with van der Waals surface area (Å²) in [6, 6.07) is -0.250. The Kier molecular flexibility index (Phi) is 7.36. The number of hydrogen-bond acceptors (Lipinski definition) is 3. The SMILES string of the molecule is CC(C)CCCC(C)NC(=O)[C@@H]1CCCN1C(=O)OC(C)(C)C. The summed E-state index contributed by atoms with van der Waals surface area (Å²) in [6.07, 6.45) is 4.43. The predicted octanol–water partition coefficient (Wildman–Crippen LogP) is 3.72. The van der Waals surface area contributed by atoms with Crippen LogP contribution in [0.25, 0.3) is 0 Å². The Morgan fingerprint density at radius 1 is 1.22 bits per heavy atom. The predicted molar refractivity (Wildman–Crippen MR) is 92.3 cm³/mol. The highest BCUT2D eigenvalue weighted by molar-refractivity contribution is 5.86. The summed E-state index contributed by atoms with van der Waals surface area (Å²) in [5.74, 6) is 0.640. The van der Waals surface area contributed by atoms with E-state index in [0.717, 1.165) is 19.3 Å². The van der Waals surface area contributed by atoms with Gasteiger partial charge in [0.15, 0.2) is 0 Å². The minimum atomic E-state index is -0.537. The van der Waals surface area contributed by atoms with E-state index in [0.29, 0.717) is 18.9 Å². The van der Waals surface area contributed by atoms with Gasteiger partial charge in [0, 0.05) is 12.6 Å². The molecule has 0 spiro atoms. The molecule has 5 heteroatoms. The molecule has 1 N–H and O–H groups in total. The third-order valence-corrected chi connectivity index (χ3v) is 3.99. The maximum Gasteiger partial charge on any atom is 0.410 e. The second-order valence-electron chi connectivity index (χ2n) is 8.07. The summed E-state index contributed by atoms with van der Waals surface area (Å²) in [7, 11) is 0.